The molecule has 34 heavy (non-hydrogen) atoms. The van der Waals surface area contributed by atoms with E-state index in [2.05, 4.69) is 6.92 Å². The van der Waals surface area contributed by atoms with Crippen molar-refractivity contribution in [1.29, 1.82) is 0 Å². The molecule has 1 fully saturated rings. The van der Waals surface area contributed by atoms with E-state index in [0.29, 0.717) is 17.9 Å². The van der Waals surface area contributed by atoms with Gasteiger partial charge in [0.05, 0.1) is 42.0 Å². The number of unbranched alkanes of at least 4 members (excludes halogenated alkanes) is 1. The Morgan fingerprint density at radius 1 is 1.06 bits per heavy atom. The maximum Gasteiger partial charge on any atom is 0.295 e. The molecule has 2 aromatic carbocycles. The first-order valence-corrected chi connectivity index (χ1v) is 11.6. The molecule has 1 saturated heterocycles. The van der Waals surface area contributed by atoms with Crippen LogP contribution in [0.1, 0.15) is 36.9 Å². The number of methoxy groups -OCH3 is 2. The number of Topliss-reactive ketones (excluding diaryl/α,β-unsaturated/α-hetero) is 1. The van der Waals surface area contributed by atoms with E-state index in [0.717, 1.165) is 12.8 Å². The Labute approximate surface area is 208 Å². The number of rotatable bonds is 10. The Balaban J connectivity index is 2.08. The van der Waals surface area contributed by atoms with Crippen molar-refractivity contribution in [2.75, 3.05) is 34.0 Å². The standard InChI is InChI=1S/C25H27Cl2NO6/c1-4-5-11-34-17-8-6-15(7-9-17)21-20(23(30)25(31)28(21)10-12-32-2)22(29)16-13-18(26)24(33-3)19(27)14-16/h6-9,13-14,21,29H,4-5,10-12H2,1-3H3/b22-20+. The van der Waals surface area contributed by atoms with Crippen molar-refractivity contribution >= 4 is 40.7 Å². The predicted octanol–water partition coefficient (Wildman–Crippen LogP) is 5.25. The lowest BCUT2D eigenvalue weighted by Gasteiger charge is -2.25. The summed E-state index contributed by atoms with van der Waals surface area (Å²) in [6, 6.07) is 9.17. The number of aliphatic hydroxyl groups excluding tert-OH is 1. The molecule has 0 spiro atoms. The Kier molecular flexibility index (Phi) is 8.83. The maximum absolute atomic E-state index is 13.0. The number of benzene rings is 2. The number of ether oxygens (including phenoxy) is 3. The van der Waals surface area contributed by atoms with Gasteiger partial charge in [0, 0.05) is 19.2 Å². The molecule has 0 radical (unpaired) electrons. The molecule has 2 aromatic rings. The van der Waals surface area contributed by atoms with Gasteiger partial charge in [-0.2, -0.15) is 0 Å². The molecule has 1 aliphatic rings. The van der Waals surface area contributed by atoms with Crippen molar-refractivity contribution in [2.45, 2.75) is 25.8 Å². The van der Waals surface area contributed by atoms with Crippen LogP contribution in [0.3, 0.4) is 0 Å². The van der Waals surface area contributed by atoms with Gasteiger partial charge >= 0.3 is 0 Å². The second kappa shape index (κ2) is 11.6. The third-order valence-corrected chi connectivity index (χ3v) is 6.08. The van der Waals surface area contributed by atoms with Gasteiger partial charge in [-0.15, -0.1) is 0 Å². The van der Waals surface area contributed by atoms with Crippen molar-refractivity contribution in [3.63, 3.8) is 0 Å². The van der Waals surface area contributed by atoms with Crippen molar-refractivity contribution in [3.8, 4) is 11.5 Å². The van der Waals surface area contributed by atoms with Crippen LogP contribution >= 0.6 is 23.2 Å². The van der Waals surface area contributed by atoms with Gasteiger partial charge < -0.3 is 24.2 Å². The lowest BCUT2D eigenvalue weighted by atomic mass is 9.95. The summed E-state index contributed by atoms with van der Waals surface area (Å²) >= 11 is 12.5. The highest BCUT2D eigenvalue weighted by Gasteiger charge is 2.46. The van der Waals surface area contributed by atoms with E-state index in [4.69, 9.17) is 37.4 Å². The largest absolute Gasteiger partial charge is 0.507 e. The van der Waals surface area contributed by atoms with Crippen molar-refractivity contribution in [1.82, 2.24) is 4.90 Å². The van der Waals surface area contributed by atoms with E-state index in [1.54, 1.807) is 24.3 Å². The highest BCUT2D eigenvalue weighted by atomic mass is 35.5. The zero-order chi connectivity index (χ0) is 24.8. The monoisotopic (exact) mass is 507 g/mol. The summed E-state index contributed by atoms with van der Waals surface area (Å²) < 4.78 is 16.0. The first-order chi connectivity index (χ1) is 16.3. The minimum atomic E-state index is -0.820. The average Bonchev–Trinajstić information content (AvgIpc) is 3.07. The van der Waals surface area contributed by atoms with Gasteiger partial charge in [-0.05, 0) is 36.2 Å². The molecule has 0 aliphatic carbocycles. The van der Waals surface area contributed by atoms with E-state index in [9.17, 15) is 14.7 Å². The van der Waals surface area contributed by atoms with Gasteiger partial charge in [0.25, 0.3) is 11.7 Å². The second-order valence-corrected chi connectivity index (χ2v) is 8.54. The van der Waals surface area contributed by atoms with Crippen LogP contribution in [0.25, 0.3) is 5.76 Å². The van der Waals surface area contributed by atoms with Crippen molar-refractivity contribution in [3.05, 3.63) is 63.1 Å². The van der Waals surface area contributed by atoms with E-state index >= 15 is 0 Å². The predicted molar refractivity (Wildman–Crippen MR) is 131 cm³/mol. The number of halogens is 2. The topological polar surface area (TPSA) is 85.3 Å². The van der Waals surface area contributed by atoms with Crippen LogP contribution in [0, 0.1) is 0 Å². The third-order valence-electron chi connectivity index (χ3n) is 5.51. The zero-order valence-corrected chi connectivity index (χ0v) is 20.8. The average molecular weight is 508 g/mol. The Bertz CT molecular complexity index is 1060. The van der Waals surface area contributed by atoms with E-state index < -0.39 is 17.7 Å². The highest BCUT2D eigenvalue weighted by Crippen LogP contribution is 2.42. The number of nitrogens with zero attached hydrogens (tertiary/aromatic N) is 1. The number of carbonyl (C=O) groups is 2. The first-order valence-electron chi connectivity index (χ1n) is 10.9. The summed E-state index contributed by atoms with van der Waals surface area (Å²) in [6.45, 7) is 3.07. The lowest BCUT2D eigenvalue weighted by Crippen LogP contribution is -2.32. The molecule has 0 aromatic heterocycles. The molecule has 1 heterocycles. The smallest absolute Gasteiger partial charge is 0.295 e. The molecule has 182 valence electrons. The molecular weight excluding hydrogens is 481 g/mol. The van der Waals surface area contributed by atoms with Gasteiger partial charge in [-0.25, -0.2) is 0 Å². The van der Waals surface area contributed by atoms with Crippen molar-refractivity contribution in [2.24, 2.45) is 0 Å². The maximum atomic E-state index is 13.0. The highest BCUT2D eigenvalue weighted by molar-refractivity contribution is 6.46. The number of carbonyl (C=O) groups excluding carboxylic acids is 2. The normalized spacial score (nSPS) is 17.3. The number of ketones is 1. The molecule has 7 nitrogen and oxygen atoms in total. The SMILES string of the molecule is CCCCOc1ccc(C2/C(=C(\O)c3cc(Cl)c(OC)c(Cl)c3)C(=O)C(=O)N2CCOC)cc1. The van der Waals surface area contributed by atoms with Gasteiger partial charge in [0.15, 0.2) is 5.75 Å². The summed E-state index contributed by atoms with van der Waals surface area (Å²) in [5, 5.41) is 11.5. The molecule has 0 saturated carbocycles. The summed E-state index contributed by atoms with van der Waals surface area (Å²) in [5.41, 5.74) is 0.786. The molecule has 1 amide bonds. The molecule has 0 bridgehead atoms. The Morgan fingerprint density at radius 2 is 1.71 bits per heavy atom. The van der Waals surface area contributed by atoms with E-state index in [-0.39, 0.29) is 45.8 Å². The minimum absolute atomic E-state index is 0.0574. The van der Waals surface area contributed by atoms with E-state index in [1.165, 1.54) is 31.3 Å². The van der Waals surface area contributed by atoms with Gasteiger partial charge in [0.2, 0.25) is 0 Å². The number of likely N-dealkylation sites (tertiary alicyclic amines) is 1. The molecular formula is C25H27Cl2NO6. The molecule has 1 aliphatic heterocycles. The van der Waals surface area contributed by atoms with Crippen LogP contribution < -0.4 is 9.47 Å². The van der Waals surface area contributed by atoms with Crippen LogP contribution in [0.5, 0.6) is 11.5 Å². The van der Waals surface area contributed by atoms with E-state index in [1.807, 2.05) is 0 Å². The number of amides is 1. The molecule has 1 N–H and O–H groups in total. The Morgan fingerprint density at radius 3 is 2.26 bits per heavy atom. The van der Waals surface area contributed by atoms with Crippen LogP contribution in [-0.2, 0) is 14.3 Å². The quantitative estimate of drug-likeness (QED) is 0.204. The molecule has 1 atom stereocenters. The van der Waals surface area contributed by atoms with Crippen molar-refractivity contribution < 1.29 is 28.9 Å². The Hall–Kier alpha value is -2.74. The van der Waals surface area contributed by atoms with Gasteiger partial charge in [0.1, 0.15) is 11.5 Å². The van der Waals surface area contributed by atoms with Crippen LogP contribution in [0.4, 0.5) is 0 Å². The summed E-state index contributed by atoms with van der Waals surface area (Å²) in [4.78, 5) is 27.3. The second-order valence-electron chi connectivity index (χ2n) is 7.73. The van der Waals surface area contributed by atoms with Gasteiger partial charge in [-0.1, -0.05) is 48.7 Å². The summed E-state index contributed by atoms with van der Waals surface area (Å²) in [5.74, 6) is -0.976. The van der Waals surface area contributed by atoms with Crippen LogP contribution in [0.2, 0.25) is 10.0 Å². The fraction of sp³-hybridized carbons (Fsp3) is 0.360. The first kappa shape index (κ1) is 25.9. The molecule has 3 rings (SSSR count). The lowest BCUT2D eigenvalue weighted by molar-refractivity contribution is -0.140. The third kappa shape index (κ3) is 5.32. The van der Waals surface area contributed by atoms with Gasteiger partial charge in [-0.3, -0.25) is 9.59 Å². The van der Waals surface area contributed by atoms with Crippen LogP contribution in [0.15, 0.2) is 42.0 Å². The molecule has 9 heteroatoms. The fourth-order valence-electron chi connectivity index (χ4n) is 3.77. The summed E-state index contributed by atoms with van der Waals surface area (Å²) in [6.07, 6.45) is 1.96. The fourth-order valence-corrected chi connectivity index (χ4v) is 4.42. The number of hydrogen-bond acceptors (Lipinski definition) is 6. The molecule has 1 unspecified atom stereocenters. The minimum Gasteiger partial charge on any atom is -0.507 e. The van der Waals surface area contributed by atoms with Crippen LogP contribution in [-0.4, -0.2) is 55.7 Å². The zero-order valence-electron chi connectivity index (χ0n) is 19.3. The number of aliphatic hydroxyl groups is 1. The summed E-state index contributed by atoms with van der Waals surface area (Å²) in [7, 11) is 2.93. The number of hydrogen-bond donors (Lipinski definition) is 1.